The first-order valence-electron chi connectivity index (χ1n) is 4.19. The number of hydrogen-bond acceptors (Lipinski definition) is 4. The van der Waals surface area contributed by atoms with E-state index >= 15 is 0 Å². The number of aromatic nitrogens is 4. The Hall–Kier alpha value is -0.356. The van der Waals surface area contributed by atoms with Crippen LogP contribution in [0.4, 0.5) is 0 Å². The number of fused-ring (bicyclic) bond motifs is 1. The average Bonchev–Trinajstić information content (AvgIpc) is 2.83. The topological polar surface area (TPSA) is 43.1 Å². The number of nitrogens with zero attached hydrogens (tertiary/aromatic N) is 4. The van der Waals surface area contributed by atoms with Gasteiger partial charge in [-0.1, -0.05) is 12.1 Å². The van der Waals surface area contributed by atoms with Crippen LogP contribution in [0.1, 0.15) is 0 Å². The molecule has 4 nitrogen and oxygen atoms in total. The summed E-state index contributed by atoms with van der Waals surface area (Å²) in [5.41, 5.74) is 1.78. The minimum atomic E-state index is 0. The van der Waals surface area contributed by atoms with Crippen molar-refractivity contribution in [1.29, 1.82) is 0 Å². The van der Waals surface area contributed by atoms with Gasteiger partial charge in [-0.25, -0.2) is 5.10 Å². The van der Waals surface area contributed by atoms with Crippen LogP contribution < -0.4 is 0 Å². The van der Waals surface area contributed by atoms with E-state index in [0.29, 0.717) is 4.47 Å². The molecule has 0 aliphatic carbocycles. The number of rotatable bonds is 1. The maximum absolute atomic E-state index is 5.73. The van der Waals surface area contributed by atoms with Gasteiger partial charge in [-0.2, -0.15) is 11.3 Å². The zero-order valence-corrected chi connectivity index (χ0v) is 12.4. The quantitative estimate of drug-likeness (QED) is 0.645. The largest absolute Gasteiger partial charge is 0.306 e. The van der Waals surface area contributed by atoms with Gasteiger partial charge in [0.2, 0.25) is 0 Å². The van der Waals surface area contributed by atoms with Gasteiger partial charge in [0.05, 0.1) is 0 Å². The zero-order valence-electron chi connectivity index (χ0n) is 7.96. The van der Waals surface area contributed by atoms with Crippen LogP contribution in [-0.4, -0.2) is 19.8 Å². The van der Waals surface area contributed by atoms with Crippen molar-refractivity contribution in [3.63, 3.8) is 0 Å². The SMILES string of the molecule is Clc1nnc(-c2[c-]nn3ccccc23)s1.[Y]. The molecule has 0 atom stereocenters. The molecule has 0 saturated heterocycles. The molecule has 1 radical (unpaired) electrons. The maximum atomic E-state index is 5.73. The van der Waals surface area contributed by atoms with Gasteiger partial charge in [-0.05, 0) is 29.4 Å². The molecule has 0 aromatic carbocycles. The molecule has 0 N–H and O–H groups in total. The van der Waals surface area contributed by atoms with E-state index in [9.17, 15) is 0 Å². The van der Waals surface area contributed by atoms with Crippen molar-refractivity contribution in [2.45, 2.75) is 0 Å². The summed E-state index contributed by atoms with van der Waals surface area (Å²) < 4.78 is 2.17. The van der Waals surface area contributed by atoms with Crippen molar-refractivity contribution in [2.24, 2.45) is 0 Å². The van der Waals surface area contributed by atoms with E-state index in [4.69, 9.17) is 11.6 Å². The third-order valence-corrected chi connectivity index (χ3v) is 3.02. The predicted octanol–water partition coefficient (Wildman–Crippen LogP) is 2.30. The van der Waals surface area contributed by atoms with E-state index < -0.39 is 0 Å². The van der Waals surface area contributed by atoms with Crippen LogP contribution in [0.2, 0.25) is 4.47 Å². The molecular weight excluding hydrogens is 321 g/mol. The monoisotopic (exact) mass is 324 g/mol. The standard InChI is InChI=1S/C9H4ClN4S.Y/c10-9-13-12-8(15-9)6-5-11-14-4-2-1-3-7(6)14;/h1-4H;/q-1;. The average molecular weight is 325 g/mol. The molecule has 0 aliphatic rings. The molecule has 0 aliphatic heterocycles. The first kappa shape index (κ1) is 12.1. The first-order chi connectivity index (χ1) is 7.34. The Bertz CT molecular complexity index is 621. The fraction of sp³-hybridized carbons (Fsp3) is 0. The molecule has 3 rings (SSSR count). The van der Waals surface area contributed by atoms with E-state index in [0.717, 1.165) is 16.1 Å². The van der Waals surface area contributed by atoms with E-state index in [1.165, 1.54) is 11.3 Å². The van der Waals surface area contributed by atoms with Crippen molar-refractivity contribution >= 4 is 28.5 Å². The Morgan fingerprint density at radius 2 is 2.19 bits per heavy atom. The first-order valence-corrected chi connectivity index (χ1v) is 5.38. The summed E-state index contributed by atoms with van der Waals surface area (Å²) in [6, 6.07) is 5.80. The Morgan fingerprint density at radius 3 is 2.94 bits per heavy atom. The van der Waals surface area contributed by atoms with Gasteiger partial charge in [0.1, 0.15) is 0 Å². The summed E-state index contributed by atoms with van der Waals surface area (Å²) in [4.78, 5) is 0. The molecule has 0 saturated carbocycles. The van der Waals surface area contributed by atoms with Gasteiger partial charge in [-0.15, -0.1) is 10.7 Å². The molecule has 3 aromatic rings. The van der Waals surface area contributed by atoms with E-state index in [2.05, 4.69) is 21.5 Å². The van der Waals surface area contributed by atoms with Crippen LogP contribution in [0.5, 0.6) is 0 Å². The second-order valence-electron chi connectivity index (χ2n) is 2.88. The van der Waals surface area contributed by atoms with Gasteiger partial charge in [-0.3, -0.25) is 5.10 Å². The Labute approximate surface area is 126 Å². The summed E-state index contributed by atoms with van der Waals surface area (Å²) in [6.07, 6.45) is 4.76. The normalized spacial score (nSPS) is 10.3. The van der Waals surface area contributed by atoms with Crippen LogP contribution in [0.25, 0.3) is 16.1 Å². The van der Waals surface area contributed by atoms with Gasteiger partial charge < -0.3 is 4.52 Å². The summed E-state index contributed by atoms with van der Waals surface area (Å²) in [5.74, 6) is 0. The molecule has 0 amide bonds. The number of halogens is 1. The van der Waals surface area contributed by atoms with E-state index in [-0.39, 0.29) is 32.7 Å². The van der Waals surface area contributed by atoms with Gasteiger partial charge in [0.25, 0.3) is 0 Å². The molecule has 0 spiro atoms. The molecule has 0 bridgehead atoms. The molecule has 0 unspecified atom stereocenters. The van der Waals surface area contributed by atoms with E-state index in [1.807, 2.05) is 24.4 Å². The van der Waals surface area contributed by atoms with Crippen molar-refractivity contribution < 1.29 is 32.7 Å². The Balaban J connectivity index is 0.000000963. The van der Waals surface area contributed by atoms with Crippen LogP contribution in [0, 0.1) is 6.20 Å². The number of pyridine rings is 1. The summed E-state index contributed by atoms with van der Waals surface area (Å²) in [5, 5.41) is 12.5. The van der Waals surface area contributed by atoms with E-state index in [1.54, 1.807) is 4.52 Å². The fourth-order valence-electron chi connectivity index (χ4n) is 1.34. The van der Waals surface area contributed by atoms with Crippen LogP contribution in [0.15, 0.2) is 24.4 Å². The Morgan fingerprint density at radius 1 is 1.31 bits per heavy atom. The minimum absolute atomic E-state index is 0. The van der Waals surface area contributed by atoms with Gasteiger partial charge >= 0.3 is 0 Å². The van der Waals surface area contributed by atoms with Crippen LogP contribution >= 0.6 is 22.9 Å². The maximum Gasteiger partial charge on any atom is 0.194 e. The predicted molar refractivity (Wildman–Crippen MR) is 57.9 cm³/mol. The summed E-state index contributed by atoms with van der Waals surface area (Å²) in [6.45, 7) is 0. The zero-order chi connectivity index (χ0) is 10.3. The molecule has 7 heteroatoms. The fourth-order valence-corrected chi connectivity index (χ4v) is 2.18. The molecule has 77 valence electrons. The second-order valence-corrected chi connectivity index (χ2v) is 4.44. The summed E-state index contributed by atoms with van der Waals surface area (Å²) in [7, 11) is 0. The number of hydrogen-bond donors (Lipinski definition) is 0. The van der Waals surface area contributed by atoms with Crippen LogP contribution in [-0.2, 0) is 32.7 Å². The van der Waals surface area contributed by atoms with Crippen LogP contribution in [0.3, 0.4) is 0 Å². The van der Waals surface area contributed by atoms with Crippen molar-refractivity contribution in [3.05, 3.63) is 35.1 Å². The molecule has 3 heterocycles. The smallest absolute Gasteiger partial charge is 0.194 e. The third-order valence-electron chi connectivity index (χ3n) is 1.98. The molecule has 3 aromatic heterocycles. The molecular formula is C9H4ClN4SY-. The molecule has 0 fully saturated rings. The summed E-state index contributed by atoms with van der Waals surface area (Å²) >= 11 is 7.05. The minimum Gasteiger partial charge on any atom is -0.306 e. The van der Waals surface area contributed by atoms with Crippen molar-refractivity contribution in [2.75, 3.05) is 0 Å². The van der Waals surface area contributed by atoms with Crippen molar-refractivity contribution in [3.8, 4) is 10.6 Å². The van der Waals surface area contributed by atoms with Gasteiger partial charge in [0.15, 0.2) is 4.47 Å². The second kappa shape index (κ2) is 4.88. The van der Waals surface area contributed by atoms with Gasteiger partial charge in [0, 0.05) is 43.9 Å². The third kappa shape index (κ3) is 2.05. The Kier molecular flexibility index (Phi) is 3.69. The van der Waals surface area contributed by atoms with Crippen molar-refractivity contribution in [1.82, 2.24) is 19.8 Å². The molecule has 16 heavy (non-hydrogen) atoms.